The molecule has 0 aliphatic heterocycles. The highest BCUT2D eigenvalue weighted by molar-refractivity contribution is 5.82. The van der Waals surface area contributed by atoms with Crippen molar-refractivity contribution in [2.75, 3.05) is 20.1 Å². The van der Waals surface area contributed by atoms with Crippen molar-refractivity contribution in [1.29, 1.82) is 0 Å². The molecule has 0 spiro atoms. The summed E-state index contributed by atoms with van der Waals surface area (Å²) in [6.07, 6.45) is 2.06. The number of nitrogens with one attached hydrogen (secondary N) is 1. The topological polar surface area (TPSA) is 58.4 Å². The molecule has 0 radical (unpaired) electrons. The van der Waals surface area contributed by atoms with E-state index in [0.717, 1.165) is 24.9 Å². The van der Waals surface area contributed by atoms with E-state index in [0.29, 0.717) is 12.6 Å². The summed E-state index contributed by atoms with van der Waals surface area (Å²) < 4.78 is 0. The second-order valence-electron chi connectivity index (χ2n) is 5.46. The van der Waals surface area contributed by atoms with E-state index < -0.39 is 6.04 Å². The van der Waals surface area contributed by atoms with Gasteiger partial charge in [-0.15, -0.1) is 0 Å². The van der Waals surface area contributed by atoms with Crippen LogP contribution >= 0.6 is 0 Å². The van der Waals surface area contributed by atoms with Crippen LogP contribution in [0.4, 0.5) is 0 Å². The molecule has 1 atom stereocenters. The Bertz CT molecular complexity index is 392. The van der Waals surface area contributed by atoms with Crippen LogP contribution in [0.2, 0.25) is 0 Å². The predicted octanol–water partition coefficient (Wildman–Crippen LogP) is 1.92. The monoisotopic (exact) mass is 277 g/mol. The average Bonchev–Trinajstić information content (AvgIpc) is 2.46. The summed E-state index contributed by atoms with van der Waals surface area (Å²) in [4.78, 5) is 14.2. The number of unbranched alkanes of at least 4 members (excludes halogenated alkanes) is 1. The molecule has 0 fully saturated rings. The molecular formula is C16H27N3O. The summed E-state index contributed by atoms with van der Waals surface area (Å²) in [5.74, 6) is -0.103. The van der Waals surface area contributed by atoms with Crippen molar-refractivity contribution in [2.45, 2.75) is 38.8 Å². The first-order chi connectivity index (χ1) is 9.52. The van der Waals surface area contributed by atoms with Crippen LogP contribution in [0.1, 0.15) is 38.3 Å². The summed E-state index contributed by atoms with van der Waals surface area (Å²) >= 11 is 0. The van der Waals surface area contributed by atoms with Gasteiger partial charge < -0.3 is 16.0 Å². The highest BCUT2D eigenvalue weighted by Crippen LogP contribution is 2.09. The van der Waals surface area contributed by atoms with Gasteiger partial charge in [0.2, 0.25) is 5.91 Å². The number of amides is 1. The minimum absolute atomic E-state index is 0.103. The molecule has 0 aliphatic carbocycles. The van der Waals surface area contributed by atoms with E-state index in [9.17, 15) is 4.79 Å². The first-order valence-corrected chi connectivity index (χ1v) is 7.31. The maximum Gasteiger partial charge on any atom is 0.241 e. The quantitative estimate of drug-likeness (QED) is 0.714. The lowest BCUT2D eigenvalue weighted by molar-refractivity contribution is -0.122. The van der Waals surface area contributed by atoms with Crippen molar-refractivity contribution in [3.63, 3.8) is 0 Å². The van der Waals surface area contributed by atoms with Gasteiger partial charge in [-0.05, 0) is 45.8 Å². The van der Waals surface area contributed by atoms with Crippen molar-refractivity contribution in [2.24, 2.45) is 5.73 Å². The van der Waals surface area contributed by atoms with E-state index in [1.165, 1.54) is 0 Å². The van der Waals surface area contributed by atoms with Crippen molar-refractivity contribution in [3.8, 4) is 0 Å². The molecule has 4 heteroatoms. The Morgan fingerprint density at radius 3 is 2.50 bits per heavy atom. The van der Waals surface area contributed by atoms with Gasteiger partial charge in [0, 0.05) is 12.6 Å². The summed E-state index contributed by atoms with van der Waals surface area (Å²) in [5, 5.41) is 2.90. The maximum atomic E-state index is 11.9. The van der Waals surface area contributed by atoms with Crippen LogP contribution in [0.3, 0.4) is 0 Å². The fraction of sp³-hybridized carbons (Fsp3) is 0.562. The van der Waals surface area contributed by atoms with Gasteiger partial charge in [0.05, 0.1) is 0 Å². The molecule has 0 saturated carbocycles. The lowest BCUT2D eigenvalue weighted by Gasteiger charge is -2.20. The van der Waals surface area contributed by atoms with Gasteiger partial charge >= 0.3 is 0 Å². The Hall–Kier alpha value is -1.39. The normalized spacial score (nSPS) is 12.7. The first-order valence-electron chi connectivity index (χ1n) is 7.31. The number of nitrogens with zero attached hydrogens (tertiary/aromatic N) is 1. The zero-order valence-corrected chi connectivity index (χ0v) is 12.8. The molecule has 1 rings (SSSR count). The van der Waals surface area contributed by atoms with Gasteiger partial charge in [-0.3, -0.25) is 4.79 Å². The second kappa shape index (κ2) is 8.72. The third-order valence-electron chi connectivity index (χ3n) is 3.56. The first kappa shape index (κ1) is 16.7. The second-order valence-corrected chi connectivity index (χ2v) is 5.46. The SMILES string of the molecule is CC(C)N(C)CCCCNC(=O)[C@H](N)c1ccccc1. The molecule has 0 unspecified atom stereocenters. The van der Waals surface area contributed by atoms with E-state index in [1.54, 1.807) is 0 Å². The van der Waals surface area contributed by atoms with Gasteiger partial charge in [0.25, 0.3) is 0 Å². The molecule has 0 saturated heterocycles. The predicted molar refractivity (Wildman–Crippen MR) is 83.4 cm³/mol. The highest BCUT2D eigenvalue weighted by atomic mass is 16.2. The third-order valence-corrected chi connectivity index (χ3v) is 3.56. The molecule has 1 aromatic carbocycles. The number of rotatable bonds is 8. The van der Waals surface area contributed by atoms with Crippen LogP contribution < -0.4 is 11.1 Å². The summed E-state index contributed by atoms with van der Waals surface area (Å²) in [5.41, 5.74) is 6.77. The lowest BCUT2D eigenvalue weighted by Crippen LogP contribution is -2.35. The Labute approximate surface area is 122 Å². The van der Waals surface area contributed by atoms with Crippen molar-refractivity contribution in [3.05, 3.63) is 35.9 Å². The van der Waals surface area contributed by atoms with E-state index in [1.807, 2.05) is 30.3 Å². The Balaban J connectivity index is 2.20. The molecule has 0 bridgehead atoms. The fourth-order valence-corrected chi connectivity index (χ4v) is 1.88. The Kier molecular flexibility index (Phi) is 7.26. The molecule has 0 heterocycles. The van der Waals surface area contributed by atoms with E-state index in [2.05, 4.69) is 31.1 Å². The highest BCUT2D eigenvalue weighted by Gasteiger charge is 2.14. The number of nitrogens with two attached hydrogens (primary N) is 1. The van der Waals surface area contributed by atoms with Crippen LogP contribution in [-0.2, 0) is 4.79 Å². The number of benzene rings is 1. The molecule has 1 aromatic rings. The molecule has 1 amide bonds. The average molecular weight is 277 g/mol. The van der Waals surface area contributed by atoms with Crippen molar-refractivity contribution in [1.82, 2.24) is 10.2 Å². The minimum atomic E-state index is -0.575. The molecule has 112 valence electrons. The molecule has 4 nitrogen and oxygen atoms in total. The maximum absolute atomic E-state index is 11.9. The number of carbonyl (C=O) groups is 1. The molecule has 20 heavy (non-hydrogen) atoms. The molecule has 0 aliphatic rings. The van der Waals surface area contributed by atoms with Crippen LogP contribution in [-0.4, -0.2) is 37.0 Å². The van der Waals surface area contributed by atoms with Crippen LogP contribution in [0.15, 0.2) is 30.3 Å². The Morgan fingerprint density at radius 1 is 1.25 bits per heavy atom. The smallest absolute Gasteiger partial charge is 0.241 e. The molecular weight excluding hydrogens is 250 g/mol. The number of hydrogen-bond donors (Lipinski definition) is 2. The Morgan fingerprint density at radius 2 is 1.90 bits per heavy atom. The van der Waals surface area contributed by atoms with Gasteiger partial charge in [-0.2, -0.15) is 0 Å². The van der Waals surface area contributed by atoms with Gasteiger partial charge in [-0.1, -0.05) is 30.3 Å². The van der Waals surface area contributed by atoms with Gasteiger partial charge in [-0.25, -0.2) is 0 Å². The third kappa shape index (κ3) is 5.72. The minimum Gasteiger partial charge on any atom is -0.354 e. The zero-order chi connectivity index (χ0) is 15.0. The summed E-state index contributed by atoms with van der Waals surface area (Å²) in [7, 11) is 2.12. The molecule has 3 N–H and O–H groups in total. The zero-order valence-electron chi connectivity index (χ0n) is 12.8. The van der Waals surface area contributed by atoms with Crippen molar-refractivity contribution >= 4 is 5.91 Å². The van der Waals surface area contributed by atoms with Gasteiger partial charge in [0.15, 0.2) is 0 Å². The van der Waals surface area contributed by atoms with E-state index >= 15 is 0 Å². The lowest BCUT2D eigenvalue weighted by atomic mass is 10.1. The fourth-order valence-electron chi connectivity index (χ4n) is 1.88. The summed E-state index contributed by atoms with van der Waals surface area (Å²) in [6.45, 7) is 6.10. The van der Waals surface area contributed by atoms with E-state index in [-0.39, 0.29) is 5.91 Å². The van der Waals surface area contributed by atoms with Crippen LogP contribution in [0, 0.1) is 0 Å². The number of carbonyl (C=O) groups excluding carboxylic acids is 1. The van der Waals surface area contributed by atoms with E-state index in [4.69, 9.17) is 5.73 Å². The van der Waals surface area contributed by atoms with Crippen molar-refractivity contribution < 1.29 is 4.79 Å². The van der Waals surface area contributed by atoms with Gasteiger partial charge in [0.1, 0.15) is 6.04 Å². The van der Waals surface area contributed by atoms with Crippen LogP contribution in [0.5, 0.6) is 0 Å². The largest absolute Gasteiger partial charge is 0.354 e. The molecule has 0 aromatic heterocycles. The summed E-state index contributed by atoms with van der Waals surface area (Å²) in [6, 6.07) is 9.45. The number of hydrogen-bond acceptors (Lipinski definition) is 3. The van der Waals surface area contributed by atoms with Crippen LogP contribution in [0.25, 0.3) is 0 Å². The standard InChI is InChI=1S/C16H27N3O/c1-13(2)19(3)12-8-7-11-18-16(20)15(17)14-9-5-4-6-10-14/h4-6,9-10,13,15H,7-8,11-12,17H2,1-3H3,(H,18,20)/t15-/m1/s1.